The van der Waals surface area contributed by atoms with Gasteiger partial charge < -0.3 is 20.1 Å². The zero-order valence-corrected chi connectivity index (χ0v) is 14.1. The molecular weight excluding hydrogens is 272 g/mol. The molecule has 0 aromatic rings. The van der Waals surface area contributed by atoms with Crippen LogP contribution in [0.5, 0.6) is 0 Å². The monoisotopic (exact) mass is 302 g/mol. The minimum Gasteiger partial charge on any atom is -0.481 e. The van der Waals surface area contributed by atoms with E-state index in [1.165, 1.54) is 4.90 Å². The average molecular weight is 302 g/mol. The van der Waals surface area contributed by atoms with Crippen molar-refractivity contribution in [3.8, 4) is 0 Å². The molecule has 0 saturated heterocycles. The summed E-state index contributed by atoms with van der Waals surface area (Å²) in [5.74, 6) is -0.907. The highest BCUT2D eigenvalue weighted by atomic mass is 16.5. The van der Waals surface area contributed by atoms with Crippen LogP contribution in [-0.2, 0) is 9.53 Å². The molecule has 0 aliphatic carbocycles. The van der Waals surface area contributed by atoms with Crippen LogP contribution < -0.4 is 5.32 Å². The van der Waals surface area contributed by atoms with Crippen LogP contribution in [0.25, 0.3) is 0 Å². The Morgan fingerprint density at radius 2 is 1.86 bits per heavy atom. The lowest BCUT2D eigenvalue weighted by molar-refractivity contribution is -0.137. The zero-order chi connectivity index (χ0) is 16.6. The van der Waals surface area contributed by atoms with Crippen LogP contribution in [0.1, 0.15) is 47.5 Å². The van der Waals surface area contributed by atoms with Crippen LogP contribution in [-0.4, -0.2) is 54.4 Å². The normalized spacial score (nSPS) is 13.1. The first kappa shape index (κ1) is 19.7. The van der Waals surface area contributed by atoms with E-state index in [0.717, 1.165) is 0 Å². The first-order valence-electron chi connectivity index (χ1n) is 7.36. The Morgan fingerprint density at radius 1 is 1.29 bits per heavy atom. The molecule has 21 heavy (non-hydrogen) atoms. The summed E-state index contributed by atoms with van der Waals surface area (Å²) in [4.78, 5) is 24.5. The number of urea groups is 1. The highest BCUT2D eigenvalue weighted by Gasteiger charge is 2.23. The second-order valence-corrected chi connectivity index (χ2v) is 6.85. The maximum absolute atomic E-state index is 12.1. The van der Waals surface area contributed by atoms with Crippen LogP contribution >= 0.6 is 0 Å². The van der Waals surface area contributed by atoms with E-state index in [1.807, 2.05) is 34.6 Å². The van der Waals surface area contributed by atoms with Gasteiger partial charge in [0.05, 0.1) is 19.1 Å². The van der Waals surface area contributed by atoms with Gasteiger partial charge in [-0.15, -0.1) is 0 Å². The molecule has 0 fully saturated rings. The minimum atomic E-state index is -0.907. The SMILES string of the molecule is CC(C)OCCN(C)C(=O)NC(CC(=O)O)CC(C)(C)C. The van der Waals surface area contributed by atoms with Crippen molar-refractivity contribution in [2.45, 2.75) is 59.6 Å². The van der Waals surface area contributed by atoms with Crippen molar-refractivity contribution >= 4 is 12.0 Å². The zero-order valence-electron chi connectivity index (χ0n) is 14.1. The average Bonchev–Trinajstić information content (AvgIpc) is 2.24. The lowest BCUT2D eigenvalue weighted by atomic mass is 9.87. The van der Waals surface area contributed by atoms with Crippen LogP contribution in [0, 0.1) is 5.41 Å². The van der Waals surface area contributed by atoms with Crippen LogP contribution in [0.2, 0.25) is 0 Å². The Labute approximate surface area is 127 Å². The van der Waals surface area contributed by atoms with E-state index >= 15 is 0 Å². The Bertz CT molecular complexity index is 337. The smallest absolute Gasteiger partial charge is 0.317 e. The first-order chi connectivity index (χ1) is 9.51. The van der Waals surface area contributed by atoms with Crippen molar-refractivity contribution in [3.05, 3.63) is 0 Å². The fraction of sp³-hybridized carbons (Fsp3) is 0.867. The molecule has 0 saturated carbocycles. The van der Waals surface area contributed by atoms with E-state index in [4.69, 9.17) is 9.84 Å². The molecule has 0 spiro atoms. The minimum absolute atomic E-state index is 0.0489. The molecule has 6 heteroatoms. The van der Waals surface area contributed by atoms with E-state index < -0.39 is 5.97 Å². The highest BCUT2D eigenvalue weighted by Crippen LogP contribution is 2.22. The van der Waals surface area contributed by atoms with Gasteiger partial charge in [0, 0.05) is 19.6 Å². The van der Waals surface area contributed by atoms with Gasteiger partial charge in [0.15, 0.2) is 0 Å². The van der Waals surface area contributed by atoms with Gasteiger partial charge in [0.1, 0.15) is 0 Å². The molecule has 0 aromatic heterocycles. The molecule has 0 bridgehead atoms. The molecule has 0 rings (SSSR count). The number of likely N-dealkylation sites (N-methyl/N-ethyl adjacent to an activating group) is 1. The fourth-order valence-corrected chi connectivity index (χ4v) is 1.94. The third kappa shape index (κ3) is 11.1. The number of hydrogen-bond acceptors (Lipinski definition) is 3. The molecule has 1 atom stereocenters. The molecule has 2 N–H and O–H groups in total. The summed E-state index contributed by atoms with van der Waals surface area (Å²) in [6.45, 7) is 10.9. The Balaban J connectivity index is 4.40. The number of nitrogens with zero attached hydrogens (tertiary/aromatic N) is 1. The van der Waals surface area contributed by atoms with E-state index in [0.29, 0.717) is 19.6 Å². The molecule has 1 unspecified atom stereocenters. The quantitative estimate of drug-likeness (QED) is 0.721. The van der Waals surface area contributed by atoms with Gasteiger partial charge in [0.2, 0.25) is 0 Å². The third-order valence-corrected chi connectivity index (χ3v) is 2.83. The predicted octanol–water partition coefficient (Wildman–Crippen LogP) is 2.33. The van der Waals surface area contributed by atoms with Gasteiger partial charge in [-0.1, -0.05) is 20.8 Å². The highest BCUT2D eigenvalue weighted by molar-refractivity contribution is 5.75. The maximum Gasteiger partial charge on any atom is 0.317 e. The number of carbonyl (C=O) groups excluding carboxylic acids is 1. The van der Waals surface area contributed by atoms with Crippen molar-refractivity contribution in [3.63, 3.8) is 0 Å². The second kappa shape index (κ2) is 8.87. The summed E-state index contributed by atoms with van der Waals surface area (Å²) < 4.78 is 5.40. The number of carboxylic acids is 1. The Kier molecular flexibility index (Phi) is 8.32. The van der Waals surface area contributed by atoms with Crippen molar-refractivity contribution in [1.82, 2.24) is 10.2 Å². The van der Waals surface area contributed by atoms with E-state index in [2.05, 4.69) is 5.32 Å². The number of ether oxygens (including phenoxy) is 1. The number of nitrogens with one attached hydrogen (secondary N) is 1. The number of amides is 2. The van der Waals surface area contributed by atoms with Crippen LogP contribution in [0.15, 0.2) is 0 Å². The van der Waals surface area contributed by atoms with Gasteiger partial charge >= 0.3 is 12.0 Å². The van der Waals surface area contributed by atoms with Gasteiger partial charge in [0.25, 0.3) is 0 Å². The van der Waals surface area contributed by atoms with Gasteiger partial charge in [-0.3, -0.25) is 4.79 Å². The maximum atomic E-state index is 12.1. The number of carbonyl (C=O) groups is 2. The molecule has 6 nitrogen and oxygen atoms in total. The Morgan fingerprint density at radius 3 is 2.29 bits per heavy atom. The van der Waals surface area contributed by atoms with Crippen molar-refractivity contribution in [1.29, 1.82) is 0 Å². The number of hydrogen-bond donors (Lipinski definition) is 2. The summed E-state index contributed by atoms with van der Waals surface area (Å²) in [5, 5.41) is 11.7. The second-order valence-electron chi connectivity index (χ2n) is 6.85. The van der Waals surface area contributed by atoms with Gasteiger partial charge in [-0.05, 0) is 25.7 Å². The Hall–Kier alpha value is -1.30. The van der Waals surface area contributed by atoms with Crippen LogP contribution in [0.4, 0.5) is 4.79 Å². The lowest BCUT2D eigenvalue weighted by Gasteiger charge is -2.28. The first-order valence-corrected chi connectivity index (χ1v) is 7.36. The molecule has 0 aliphatic rings. The van der Waals surface area contributed by atoms with Crippen LogP contribution in [0.3, 0.4) is 0 Å². The van der Waals surface area contributed by atoms with E-state index in [9.17, 15) is 9.59 Å². The molecule has 2 amide bonds. The standard InChI is InChI=1S/C15H30N2O4/c1-11(2)21-8-7-17(6)14(20)16-12(9-13(18)19)10-15(3,4)5/h11-12H,7-10H2,1-6H3,(H,16,20)(H,18,19). The molecule has 0 aliphatic heterocycles. The molecule has 0 heterocycles. The predicted molar refractivity (Wildman–Crippen MR) is 82.4 cm³/mol. The fourth-order valence-electron chi connectivity index (χ4n) is 1.94. The molecular formula is C15H30N2O4. The summed E-state index contributed by atoms with van der Waals surface area (Å²) in [5.41, 5.74) is -0.0489. The summed E-state index contributed by atoms with van der Waals surface area (Å²) in [6.07, 6.45) is 0.669. The number of rotatable bonds is 8. The summed E-state index contributed by atoms with van der Waals surface area (Å²) in [7, 11) is 1.67. The molecule has 0 aromatic carbocycles. The van der Waals surface area contributed by atoms with E-state index in [-0.39, 0.29) is 30.0 Å². The summed E-state index contributed by atoms with van der Waals surface area (Å²) in [6, 6.07) is -0.638. The number of carboxylic acid groups (broad SMARTS) is 1. The van der Waals surface area contributed by atoms with Crippen molar-refractivity contribution < 1.29 is 19.4 Å². The largest absolute Gasteiger partial charge is 0.481 e. The molecule has 124 valence electrons. The summed E-state index contributed by atoms with van der Waals surface area (Å²) >= 11 is 0. The number of aliphatic carboxylic acids is 1. The van der Waals surface area contributed by atoms with Crippen molar-refractivity contribution in [2.24, 2.45) is 5.41 Å². The third-order valence-electron chi connectivity index (χ3n) is 2.83. The topological polar surface area (TPSA) is 78.9 Å². The van der Waals surface area contributed by atoms with Gasteiger partial charge in [-0.2, -0.15) is 0 Å². The lowest BCUT2D eigenvalue weighted by Crippen LogP contribution is -2.46. The van der Waals surface area contributed by atoms with Crippen molar-refractivity contribution in [2.75, 3.05) is 20.2 Å². The molecule has 0 radical (unpaired) electrons. The van der Waals surface area contributed by atoms with E-state index in [1.54, 1.807) is 7.05 Å². The van der Waals surface area contributed by atoms with Gasteiger partial charge in [-0.25, -0.2) is 4.79 Å².